The Kier molecular flexibility index (Phi) is 7.52. The predicted octanol–water partition coefficient (Wildman–Crippen LogP) is 4.14. The quantitative estimate of drug-likeness (QED) is 0.293. The van der Waals surface area contributed by atoms with Gasteiger partial charge in [-0.25, -0.2) is 4.98 Å². The summed E-state index contributed by atoms with van der Waals surface area (Å²) in [6, 6.07) is 14.8. The Balaban J connectivity index is 1.92. The Hall–Kier alpha value is -2.80. The van der Waals surface area contributed by atoms with E-state index in [0.717, 1.165) is 13.1 Å². The molecule has 0 saturated heterocycles. The zero-order valence-electron chi connectivity index (χ0n) is 17.6. The van der Waals surface area contributed by atoms with Crippen LogP contribution in [0.5, 0.6) is 5.75 Å². The third kappa shape index (κ3) is 4.67. The molecule has 0 bridgehead atoms. The van der Waals surface area contributed by atoms with Crippen LogP contribution in [0.1, 0.15) is 26.7 Å². The number of aromatic nitrogens is 2. The molecule has 0 saturated carbocycles. The zero-order chi connectivity index (χ0) is 21.5. The fourth-order valence-electron chi connectivity index (χ4n) is 3.36. The molecule has 1 amide bonds. The average Bonchev–Trinajstić information content (AvgIpc) is 2.78. The summed E-state index contributed by atoms with van der Waals surface area (Å²) >= 11 is 1.48. The van der Waals surface area contributed by atoms with Crippen LogP contribution < -0.4 is 10.3 Å². The number of carbonyl (C=O) groups is 1. The molecule has 2 aromatic carbocycles. The minimum atomic E-state index is -0.133. The van der Waals surface area contributed by atoms with Crippen LogP contribution in [0.3, 0.4) is 0 Å². The second-order valence-electron chi connectivity index (χ2n) is 6.74. The molecule has 3 rings (SSSR count). The van der Waals surface area contributed by atoms with Gasteiger partial charge in [-0.3, -0.25) is 14.2 Å². The highest BCUT2D eigenvalue weighted by atomic mass is 32.2. The molecule has 0 fully saturated rings. The van der Waals surface area contributed by atoms with Gasteiger partial charge in [-0.05, 0) is 44.5 Å². The fraction of sp³-hybridized carbons (Fsp3) is 0.348. The number of nitrogens with zero attached hydrogens (tertiary/aromatic N) is 3. The van der Waals surface area contributed by atoms with E-state index in [0.29, 0.717) is 46.1 Å². The maximum Gasteiger partial charge on any atom is 0.266 e. The van der Waals surface area contributed by atoms with E-state index in [1.165, 1.54) is 11.8 Å². The molecule has 0 atom stereocenters. The van der Waals surface area contributed by atoms with Crippen molar-refractivity contribution in [2.24, 2.45) is 0 Å². The predicted molar refractivity (Wildman–Crippen MR) is 122 cm³/mol. The molecule has 6 nitrogen and oxygen atoms in total. The Morgan fingerprint density at radius 1 is 1.10 bits per heavy atom. The van der Waals surface area contributed by atoms with Gasteiger partial charge in [0.2, 0.25) is 5.91 Å². The SMILES string of the molecule is CCN(CC)C(=O)CCCSc1nc2ccccc2c(=O)n1-c1ccccc1OC. The lowest BCUT2D eigenvalue weighted by Crippen LogP contribution is -2.30. The van der Waals surface area contributed by atoms with Gasteiger partial charge in [-0.1, -0.05) is 36.0 Å². The van der Waals surface area contributed by atoms with Gasteiger partial charge in [-0.2, -0.15) is 0 Å². The Bertz CT molecular complexity index is 1080. The number of methoxy groups -OCH3 is 1. The van der Waals surface area contributed by atoms with Crippen molar-refractivity contribution in [3.05, 3.63) is 58.9 Å². The van der Waals surface area contributed by atoms with Crippen LogP contribution in [0.2, 0.25) is 0 Å². The number of hydrogen-bond donors (Lipinski definition) is 0. The average molecular weight is 426 g/mol. The molecule has 0 radical (unpaired) electrons. The van der Waals surface area contributed by atoms with Gasteiger partial charge in [0.1, 0.15) is 5.75 Å². The van der Waals surface area contributed by atoms with Crippen molar-refractivity contribution >= 4 is 28.6 Å². The van der Waals surface area contributed by atoms with Crippen LogP contribution in [0.25, 0.3) is 16.6 Å². The molecular formula is C23H27N3O3S. The van der Waals surface area contributed by atoms with Gasteiger partial charge < -0.3 is 9.64 Å². The Morgan fingerprint density at radius 2 is 1.80 bits per heavy atom. The second-order valence-corrected chi connectivity index (χ2v) is 7.80. The zero-order valence-corrected chi connectivity index (χ0v) is 18.4. The Labute approximate surface area is 180 Å². The summed E-state index contributed by atoms with van der Waals surface area (Å²) in [5, 5.41) is 1.16. The molecule has 1 heterocycles. The summed E-state index contributed by atoms with van der Waals surface area (Å²) < 4.78 is 7.09. The first-order chi connectivity index (χ1) is 14.6. The number of rotatable bonds is 9. The molecule has 0 aliphatic rings. The van der Waals surface area contributed by atoms with Gasteiger partial charge in [-0.15, -0.1) is 0 Å². The van der Waals surface area contributed by atoms with Crippen molar-refractivity contribution in [3.63, 3.8) is 0 Å². The van der Waals surface area contributed by atoms with Crippen molar-refractivity contribution in [3.8, 4) is 11.4 Å². The number of amides is 1. The number of carbonyl (C=O) groups excluding carboxylic acids is 1. The van der Waals surface area contributed by atoms with E-state index in [-0.39, 0.29) is 11.5 Å². The molecule has 7 heteroatoms. The van der Waals surface area contributed by atoms with Gasteiger partial charge in [0.05, 0.1) is 23.7 Å². The van der Waals surface area contributed by atoms with Crippen molar-refractivity contribution in [2.45, 2.75) is 31.8 Å². The summed E-state index contributed by atoms with van der Waals surface area (Å²) in [6.07, 6.45) is 1.20. The number of para-hydroxylation sites is 3. The number of thioether (sulfide) groups is 1. The van der Waals surface area contributed by atoms with E-state index in [2.05, 4.69) is 0 Å². The maximum absolute atomic E-state index is 13.3. The third-order valence-electron chi connectivity index (χ3n) is 4.95. The third-order valence-corrected chi connectivity index (χ3v) is 5.98. The first kappa shape index (κ1) is 21.9. The first-order valence-electron chi connectivity index (χ1n) is 10.2. The monoisotopic (exact) mass is 425 g/mol. The summed E-state index contributed by atoms with van der Waals surface area (Å²) in [6.45, 7) is 5.42. The molecule has 0 spiro atoms. The number of ether oxygens (including phenoxy) is 1. The van der Waals surface area contributed by atoms with Gasteiger partial charge in [0.25, 0.3) is 5.56 Å². The topological polar surface area (TPSA) is 64.4 Å². The van der Waals surface area contributed by atoms with Crippen LogP contribution in [0.4, 0.5) is 0 Å². The molecular weight excluding hydrogens is 398 g/mol. The van der Waals surface area contributed by atoms with Gasteiger partial charge >= 0.3 is 0 Å². The standard InChI is InChI=1S/C23H27N3O3S/c1-4-25(5-2)21(27)15-10-16-30-23-24-18-12-7-6-11-17(18)22(28)26(23)19-13-8-9-14-20(19)29-3/h6-9,11-14H,4-5,10,15-16H2,1-3H3. The fourth-order valence-corrected chi connectivity index (χ4v) is 4.30. The number of benzene rings is 2. The smallest absolute Gasteiger partial charge is 0.266 e. The molecule has 0 aliphatic carbocycles. The van der Waals surface area contributed by atoms with Gasteiger partial charge in [0, 0.05) is 25.3 Å². The maximum atomic E-state index is 13.3. The van der Waals surface area contributed by atoms with E-state index >= 15 is 0 Å². The molecule has 0 aliphatic heterocycles. The second kappa shape index (κ2) is 10.3. The molecule has 158 valence electrons. The van der Waals surface area contributed by atoms with Crippen molar-refractivity contribution in [1.82, 2.24) is 14.5 Å². The normalized spacial score (nSPS) is 10.9. The van der Waals surface area contributed by atoms with Crippen LogP contribution in [-0.2, 0) is 4.79 Å². The van der Waals surface area contributed by atoms with Crippen LogP contribution in [0, 0.1) is 0 Å². The molecule has 3 aromatic rings. The summed E-state index contributed by atoms with van der Waals surface area (Å²) in [4.78, 5) is 32.1. The van der Waals surface area contributed by atoms with Gasteiger partial charge in [0.15, 0.2) is 5.16 Å². The van der Waals surface area contributed by atoms with E-state index in [1.54, 1.807) is 17.7 Å². The van der Waals surface area contributed by atoms with Crippen LogP contribution >= 0.6 is 11.8 Å². The van der Waals surface area contributed by atoms with E-state index < -0.39 is 0 Å². The highest BCUT2D eigenvalue weighted by molar-refractivity contribution is 7.99. The number of fused-ring (bicyclic) bond motifs is 1. The minimum absolute atomic E-state index is 0.133. The summed E-state index contributed by atoms with van der Waals surface area (Å²) in [5.74, 6) is 1.46. The van der Waals surface area contributed by atoms with Crippen molar-refractivity contribution in [1.29, 1.82) is 0 Å². The molecule has 0 unspecified atom stereocenters. The van der Waals surface area contributed by atoms with Crippen molar-refractivity contribution in [2.75, 3.05) is 26.0 Å². The molecule has 30 heavy (non-hydrogen) atoms. The first-order valence-corrected chi connectivity index (χ1v) is 11.1. The van der Waals surface area contributed by atoms with E-state index in [1.807, 2.05) is 61.2 Å². The van der Waals surface area contributed by atoms with E-state index in [4.69, 9.17) is 9.72 Å². The number of hydrogen-bond acceptors (Lipinski definition) is 5. The molecule has 0 N–H and O–H groups in total. The minimum Gasteiger partial charge on any atom is -0.495 e. The summed E-state index contributed by atoms with van der Waals surface area (Å²) in [5.41, 5.74) is 1.19. The molecule has 1 aromatic heterocycles. The lowest BCUT2D eigenvalue weighted by molar-refractivity contribution is -0.130. The van der Waals surface area contributed by atoms with Crippen LogP contribution in [0.15, 0.2) is 58.5 Å². The highest BCUT2D eigenvalue weighted by Crippen LogP contribution is 2.27. The highest BCUT2D eigenvalue weighted by Gasteiger charge is 2.16. The largest absolute Gasteiger partial charge is 0.495 e. The summed E-state index contributed by atoms with van der Waals surface area (Å²) in [7, 11) is 1.59. The lowest BCUT2D eigenvalue weighted by Gasteiger charge is -2.18. The Morgan fingerprint density at radius 3 is 2.53 bits per heavy atom. The van der Waals surface area contributed by atoms with E-state index in [9.17, 15) is 9.59 Å². The lowest BCUT2D eigenvalue weighted by atomic mass is 10.2. The van der Waals surface area contributed by atoms with Crippen LogP contribution in [-0.4, -0.2) is 46.3 Å². The van der Waals surface area contributed by atoms with Crippen molar-refractivity contribution < 1.29 is 9.53 Å².